The lowest BCUT2D eigenvalue weighted by molar-refractivity contribution is 0.433. The Morgan fingerprint density at radius 3 is 2.94 bits per heavy atom. The SMILES string of the molecule is CCCNCc1cn[nH]c1C1CCCCC1. The van der Waals surface area contributed by atoms with Crippen LogP contribution in [0.15, 0.2) is 6.20 Å². The van der Waals surface area contributed by atoms with Gasteiger partial charge in [-0.3, -0.25) is 5.10 Å². The first-order chi connectivity index (χ1) is 7.92. The molecule has 1 aliphatic rings. The van der Waals surface area contributed by atoms with Gasteiger partial charge in [0.25, 0.3) is 0 Å². The average Bonchev–Trinajstić information content (AvgIpc) is 2.79. The van der Waals surface area contributed by atoms with Crippen LogP contribution in [0, 0.1) is 0 Å². The molecule has 0 atom stereocenters. The maximum Gasteiger partial charge on any atom is 0.0535 e. The summed E-state index contributed by atoms with van der Waals surface area (Å²) in [5, 5.41) is 10.9. The number of aromatic nitrogens is 2. The van der Waals surface area contributed by atoms with E-state index in [2.05, 4.69) is 22.4 Å². The van der Waals surface area contributed by atoms with Gasteiger partial charge in [-0.05, 0) is 25.8 Å². The Labute approximate surface area is 98.0 Å². The second-order valence-corrected chi connectivity index (χ2v) is 4.82. The van der Waals surface area contributed by atoms with Crippen molar-refractivity contribution in [1.82, 2.24) is 15.5 Å². The first-order valence-corrected chi connectivity index (χ1v) is 6.64. The van der Waals surface area contributed by atoms with Gasteiger partial charge in [-0.1, -0.05) is 26.2 Å². The second kappa shape index (κ2) is 6.04. The number of rotatable bonds is 5. The van der Waals surface area contributed by atoms with Gasteiger partial charge in [0.1, 0.15) is 0 Å². The van der Waals surface area contributed by atoms with Crippen LogP contribution in [0.5, 0.6) is 0 Å². The normalized spacial score (nSPS) is 17.8. The molecule has 0 saturated heterocycles. The molecule has 1 aromatic rings. The highest BCUT2D eigenvalue weighted by Crippen LogP contribution is 2.32. The highest BCUT2D eigenvalue weighted by atomic mass is 15.1. The van der Waals surface area contributed by atoms with Crippen molar-refractivity contribution >= 4 is 0 Å². The zero-order valence-electron chi connectivity index (χ0n) is 10.3. The van der Waals surface area contributed by atoms with Gasteiger partial charge in [0.05, 0.1) is 6.20 Å². The van der Waals surface area contributed by atoms with E-state index < -0.39 is 0 Å². The van der Waals surface area contributed by atoms with Crippen molar-refractivity contribution in [2.45, 2.75) is 57.9 Å². The van der Waals surface area contributed by atoms with Crippen LogP contribution in [0.25, 0.3) is 0 Å². The molecular formula is C13H23N3. The molecule has 0 spiro atoms. The van der Waals surface area contributed by atoms with E-state index in [9.17, 15) is 0 Å². The Morgan fingerprint density at radius 2 is 2.19 bits per heavy atom. The predicted octanol–water partition coefficient (Wildman–Crippen LogP) is 2.96. The van der Waals surface area contributed by atoms with Gasteiger partial charge in [-0.15, -0.1) is 0 Å². The molecule has 1 fully saturated rings. The van der Waals surface area contributed by atoms with Gasteiger partial charge in [-0.2, -0.15) is 5.10 Å². The summed E-state index contributed by atoms with van der Waals surface area (Å²) >= 11 is 0. The highest BCUT2D eigenvalue weighted by Gasteiger charge is 2.19. The van der Waals surface area contributed by atoms with E-state index in [-0.39, 0.29) is 0 Å². The molecule has 2 rings (SSSR count). The van der Waals surface area contributed by atoms with Gasteiger partial charge in [-0.25, -0.2) is 0 Å². The van der Waals surface area contributed by atoms with Crippen molar-refractivity contribution in [3.8, 4) is 0 Å². The van der Waals surface area contributed by atoms with Crippen LogP contribution in [0.1, 0.15) is 62.6 Å². The smallest absolute Gasteiger partial charge is 0.0535 e. The number of aromatic amines is 1. The zero-order valence-corrected chi connectivity index (χ0v) is 10.3. The minimum atomic E-state index is 0.731. The Hall–Kier alpha value is -0.830. The lowest BCUT2D eigenvalue weighted by Crippen LogP contribution is -2.16. The van der Waals surface area contributed by atoms with Gasteiger partial charge < -0.3 is 5.32 Å². The molecule has 2 N–H and O–H groups in total. The molecule has 16 heavy (non-hydrogen) atoms. The molecule has 1 aliphatic carbocycles. The quantitative estimate of drug-likeness (QED) is 0.750. The number of hydrogen-bond donors (Lipinski definition) is 2. The second-order valence-electron chi connectivity index (χ2n) is 4.82. The molecule has 3 heteroatoms. The lowest BCUT2D eigenvalue weighted by Gasteiger charge is -2.21. The summed E-state index contributed by atoms with van der Waals surface area (Å²) < 4.78 is 0. The number of nitrogens with one attached hydrogen (secondary N) is 2. The predicted molar refractivity (Wildman–Crippen MR) is 66.4 cm³/mol. The summed E-state index contributed by atoms with van der Waals surface area (Å²) in [7, 11) is 0. The minimum absolute atomic E-state index is 0.731. The van der Waals surface area contributed by atoms with Gasteiger partial charge in [0.15, 0.2) is 0 Å². The van der Waals surface area contributed by atoms with E-state index in [1.54, 1.807) is 0 Å². The zero-order chi connectivity index (χ0) is 11.2. The standard InChI is InChI=1S/C13H23N3/c1-2-8-14-9-12-10-15-16-13(12)11-6-4-3-5-7-11/h10-11,14H,2-9H2,1H3,(H,15,16). The van der Waals surface area contributed by atoms with Crippen molar-refractivity contribution in [2.75, 3.05) is 6.54 Å². The molecule has 0 amide bonds. The Morgan fingerprint density at radius 1 is 1.38 bits per heavy atom. The Balaban J connectivity index is 1.94. The summed E-state index contributed by atoms with van der Waals surface area (Å²) in [6.07, 6.45) is 10.0. The fourth-order valence-electron chi connectivity index (χ4n) is 2.61. The molecule has 1 aromatic heterocycles. The molecular weight excluding hydrogens is 198 g/mol. The molecule has 0 radical (unpaired) electrons. The largest absolute Gasteiger partial charge is 0.313 e. The Bertz CT molecular complexity index is 300. The first-order valence-electron chi connectivity index (χ1n) is 6.64. The van der Waals surface area contributed by atoms with Gasteiger partial charge in [0, 0.05) is 23.7 Å². The van der Waals surface area contributed by atoms with Crippen LogP contribution in [0.3, 0.4) is 0 Å². The molecule has 90 valence electrons. The third-order valence-electron chi connectivity index (χ3n) is 3.51. The number of H-pyrrole nitrogens is 1. The molecule has 0 aliphatic heterocycles. The van der Waals surface area contributed by atoms with Crippen molar-refractivity contribution in [3.63, 3.8) is 0 Å². The van der Waals surface area contributed by atoms with Crippen LogP contribution >= 0.6 is 0 Å². The molecule has 1 saturated carbocycles. The van der Waals surface area contributed by atoms with Crippen LogP contribution < -0.4 is 5.32 Å². The van der Waals surface area contributed by atoms with Crippen LogP contribution in [0.4, 0.5) is 0 Å². The summed E-state index contributed by atoms with van der Waals surface area (Å²) in [4.78, 5) is 0. The molecule has 0 bridgehead atoms. The molecule has 1 heterocycles. The monoisotopic (exact) mass is 221 g/mol. The maximum atomic E-state index is 4.21. The summed E-state index contributed by atoms with van der Waals surface area (Å²) in [6, 6.07) is 0. The van der Waals surface area contributed by atoms with Gasteiger partial charge in [0.2, 0.25) is 0 Å². The van der Waals surface area contributed by atoms with Crippen LogP contribution in [-0.2, 0) is 6.54 Å². The third kappa shape index (κ3) is 2.85. The van der Waals surface area contributed by atoms with Gasteiger partial charge >= 0.3 is 0 Å². The molecule has 0 aromatic carbocycles. The summed E-state index contributed by atoms with van der Waals surface area (Å²) in [5.41, 5.74) is 2.77. The van der Waals surface area contributed by atoms with E-state index in [1.165, 1.54) is 49.8 Å². The minimum Gasteiger partial charge on any atom is -0.313 e. The van der Waals surface area contributed by atoms with E-state index >= 15 is 0 Å². The van der Waals surface area contributed by atoms with Crippen molar-refractivity contribution in [3.05, 3.63) is 17.5 Å². The van der Waals surface area contributed by atoms with Crippen molar-refractivity contribution in [1.29, 1.82) is 0 Å². The number of hydrogen-bond acceptors (Lipinski definition) is 2. The topological polar surface area (TPSA) is 40.7 Å². The first kappa shape index (κ1) is 11.6. The summed E-state index contributed by atoms with van der Waals surface area (Å²) in [6.45, 7) is 4.26. The van der Waals surface area contributed by atoms with E-state index in [4.69, 9.17) is 0 Å². The Kier molecular flexibility index (Phi) is 4.40. The maximum absolute atomic E-state index is 4.21. The van der Waals surface area contributed by atoms with E-state index in [0.29, 0.717) is 0 Å². The lowest BCUT2D eigenvalue weighted by atomic mass is 9.85. The fraction of sp³-hybridized carbons (Fsp3) is 0.769. The molecule has 0 unspecified atom stereocenters. The molecule has 3 nitrogen and oxygen atoms in total. The average molecular weight is 221 g/mol. The van der Waals surface area contributed by atoms with Crippen LogP contribution in [0.2, 0.25) is 0 Å². The highest BCUT2D eigenvalue weighted by molar-refractivity contribution is 5.20. The van der Waals surface area contributed by atoms with Crippen LogP contribution in [-0.4, -0.2) is 16.7 Å². The van der Waals surface area contributed by atoms with Crippen molar-refractivity contribution in [2.24, 2.45) is 0 Å². The fourth-order valence-corrected chi connectivity index (χ4v) is 2.61. The summed E-state index contributed by atoms with van der Waals surface area (Å²) in [5.74, 6) is 0.731. The van der Waals surface area contributed by atoms with E-state index in [1.807, 2.05) is 6.20 Å². The van der Waals surface area contributed by atoms with E-state index in [0.717, 1.165) is 19.0 Å². The third-order valence-corrected chi connectivity index (χ3v) is 3.51. The number of nitrogens with zero attached hydrogens (tertiary/aromatic N) is 1. The van der Waals surface area contributed by atoms with Crippen molar-refractivity contribution < 1.29 is 0 Å².